The maximum absolute atomic E-state index is 11.2. The molecular formula is C13H19NO2. The van der Waals surface area contributed by atoms with Gasteiger partial charge in [0.1, 0.15) is 0 Å². The number of alkyl carbamates (subject to hydrolysis) is 1. The number of ether oxygens (including phenoxy) is 1. The van der Waals surface area contributed by atoms with Gasteiger partial charge in [-0.3, -0.25) is 0 Å². The van der Waals surface area contributed by atoms with Crippen LogP contribution in [-0.4, -0.2) is 12.7 Å². The van der Waals surface area contributed by atoms with E-state index in [-0.39, 0.29) is 6.09 Å². The summed E-state index contributed by atoms with van der Waals surface area (Å²) in [6.45, 7) is 3.15. The summed E-state index contributed by atoms with van der Waals surface area (Å²) in [5.41, 5.74) is 1.08. The van der Waals surface area contributed by atoms with Gasteiger partial charge in [0, 0.05) is 6.54 Å². The molecule has 1 aromatic rings. The van der Waals surface area contributed by atoms with Gasteiger partial charge in [-0.25, -0.2) is 4.79 Å². The van der Waals surface area contributed by atoms with Crippen LogP contribution in [0.2, 0.25) is 0 Å². The van der Waals surface area contributed by atoms with Crippen LogP contribution in [0.3, 0.4) is 0 Å². The van der Waals surface area contributed by atoms with Crippen molar-refractivity contribution in [3.63, 3.8) is 0 Å². The van der Waals surface area contributed by atoms with Crippen LogP contribution in [0.5, 0.6) is 0 Å². The second-order valence-corrected chi connectivity index (χ2v) is 3.68. The van der Waals surface area contributed by atoms with Crippen molar-refractivity contribution in [1.29, 1.82) is 0 Å². The van der Waals surface area contributed by atoms with Crippen LogP contribution in [0.4, 0.5) is 4.79 Å². The third kappa shape index (κ3) is 5.39. The van der Waals surface area contributed by atoms with Gasteiger partial charge in [-0.2, -0.15) is 0 Å². The van der Waals surface area contributed by atoms with Gasteiger partial charge in [-0.15, -0.1) is 0 Å². The first kappa shape index (κ1) is 12.6. The van der Waals surface area contributed by atoms with Crippen molar-refractivity contribution < 1.29 is 9.53 Å². The van der Waals surface area contributed by atoms with Gasteiger partial charge in [-0.05, 0) is 12.0 Å². The zero-order valence-electron chi connectivity index (χ0n) is 9.74. The highest BCUT2D eigenvalue weighted by Crippen LogP contribution is 1.98. The summed E-state index contributed by atoms with van der Waals surface area (Å²) in [7, 11) is 0. The molecule has 0 heterocycles. The Kier molecular flexibility index (Phi) is 6.07. The molecule has 0 bridgehead atoms. The highest BCUT2D eigenvalue weighted by atomic mass is 16.5. The predicted molar refractivity (Wildman–Crippen MR) is 64.2 cm³/mol. The summed E-state index contributed by atoms with van der Waals surface area (Å²) >= 11 is 0. The van der Waals surface area contributed by atoms with Crippen molar-refractivity contribution in [3.8, 4) is 0 Å². The number of nitrogens with one attached hydrogen (secondary N) is 1. The topological polar surface area (TPSA) is 38.3 Å². The molecule has 0 saturated heterocycles. The molecule has 0 unspecified atom stereocenters. The van der Waals surface area contributed by atoms with E-state index < -0.39 is 0 Å². The van der Waals surface area contributed by atoms with Gasteiger partial charge in [-0.1, -0.05) is 50.1 Å². The zero-order valence-corrected chi connectivity index (χ0v) is 9.74. The first-order valence-electron chi connectivity index (χ1n) is 5.77. The number of carbonyl (C=O) groups excluding carboxylic acids is 1. The van der Waals surface area contributed by atoms with Crippen LogP contribution in [0.1, 0.15) is 31.7 Å². The molecule has 0 fully saturated rings. The Morgan fingerprint density at radius 3 is 2.69 bits per heavy atom. The molecule has 3 nitrogen and oxygen atoms in total. The molecule has 16 heavy (non-hydrogen) atoms. The lowest BCUT2D eigenvalue weighted by molar-refractivity contribution is 0.143. The lowest BCUT2D eigenvalue weighted by Gasteiger charge is -2.06. The van der Waals surface area contributed by atoms with E-state index in [4.69, 9.17) is 4.74 Å². The highest BCUT2D eigenvalue weighted by Gasteiger charge is 2.00. The van der Waals surface area contributed by atoms with Gasteiger partial charge < -0.3 is 10.1 Å². The van der Waals surface area contributed by atoms with Crippen LogP contribution in [-0.2, 0) is 11.3 Å². The van der Waals surface area contributed by atoms with Crippen LogP contribution in [0.25, 0.3) is 0 Å². The minimum absolute atomic E-state index is 0.333. The lowest BCUT2D eigenvalue weighted by atomic mass is 10.2. The third-order valence-electron chi connectivity index (χ3n) is 2.26. The second-order valence-electron chi connectivity index (χ2n) is 3.68. The van der Waals surface area contributed by atoms with Gasteiger partial charge in [0.25, 0.3) is 0 Å². The van der Waals surface area contributed by atoms with E-state index in [1.165, 1.54) is 0 Å². The zero-order chi connectivity index (χ0) is 11.6. The third-order valence-corrected chi connectivity index (χ3v) is 2.26. The van der Waals surface area contributed by atoms with E-state index in [9.17, 15) is 4.79 Å². The van der Waals surface area contributed by atoms with Crippen LogP contribution in [0.15, 0.2) is 30.3 Å². The molecular weight excluding hydrogens is 202 g/mol. The van der Waals surface area contributed by atoms with Crippen molar-refractivity contribution in [2.75, 3.05) is 6.61 Å². The Balaban J connectivity index is 2.11. The van der Waals surface area contributed by atoms with Crippen LogP contribution < -0.4 is 5.32 Å². The van der Waals surface area contributed by atoms with Crippen molar-refractivity contribution in [3.05, 3.63) is 35.9 Å². The van der Waals surface area contributed by atoms with Crippen LogP contribution >= 0.6 is 0 Å². The fourth-order valence-corrected chi connectivity index (χ4v) is 1.34. The first-order valence-corrected chi connectivity index (χ1v) is 5.77. The number of unbranched alkanes of at least 4 members (excludes halogenated alkanes) is 2. The second kappa shape index (κ2) is 7.74. The number of amides is 1. The summed E-state index contributed by atoms with van der Waals surface area (Å²) in [5.74, 6) is 0. The molecule has 0 aromatic heterocycles. The fraction of sp³-hybridized carbons (Fsp3) is 0.462. The molecule has 0 radical (unpaired) electrons. The van der Waals surface area contributed by atoms with Crippen molar-refractivity contribution in [2.24, 2.45) is 0 Å². The van der Waals surface area contributed by atoms with Crippen molar-refractivity contribution in [2.45, 2.75) is 32.7 Å². The SMILES string of the molecule is CCCCCOC(=O)NCc1ccccc1. The minimum Gasteiger partial charge on any atom is -0.450 e. The Morgan fingerprint density at radius 1 is 1.25 bits per heavy atom. The number of hydrogen-bond acceptors (Lipinski definition) is 2. The number of rotatable bonds is 6. The van der Waals surface area contributed by atoms with Gasteiger partial charge in [0.05, 0.1) is 6.61 Å². The molecule has 0 aliphatic rings. The Morgan fingerprint density at radius 2 is 2.00 bits per heavy atom. The lowest BCUT2D eigenvalue weighted by Crippen LogP contribution is -2.24. The molecule has 1 amide bonds. The standard InChI is InChI=1S/C13H19NO2/c1-2-3-7-10-16-13(15)14-11-12-8-5-4-6-9-12/h4-6,8-9H,2-3,7,10-11H2,1H3,(H,14,15). The average molecular weight is 221 g/mol. The molecule has 0 aliphatic carbocycles. The monoisotopic (exact) mass is 221 g/mol. The van der Waals surface area contributed by atoms with E-state index in [1.807, 2.05) is 30.3 Å². The smallest absolute Gasteiger partial charge is 0.407 e. The van der Waals surface area contributed by atoms with E-state index in [1.54, 1.807) is 0 Å². The summed E-state index contributed by atoms with van der Waals surface area (Å²) in [6.07, 6.45) is 2.84. The Hall–Kier alpha value is -1.51. The molecule has 0 saturated carbocycles. The Bertz CT molecular complexity index is 298. The number of hydrogen-bond donors (Lipinski definition) is 1. The quantitative estimate of drug-likeness (QED) is 0.749. The fourth-order valence-electron chi connectivity index (χ4n) is 1.34. The van der Waals surface area contributed by atoms with E-state index >= 15 is 0 Å². The normalized spacial score (nSPS) is 9.81. The maximum Gasteiger partial charge on any atom is 0.407 e. The summed E-state index contributed by atoms with van der Waals surface area (Å²) in [4.78, 5) is 11.2. The molecule has 0 atom stereocenters. The Labute approximate surface area is 96.8 Å². The summed E-state index contributed by atoms with van der Waals surface area (Å²) in [5, 5.41) is 2.71. The first-order chi connectivity index (χ1) is 7.83. The molecule has 0 spiro atoms. The molecule has 88 valence electrons. The minimum atomic E-state index is -0.333. The average Bonchev–Trinajstić information content (AvgIpc) is 2.33. The largest absolute Gasteiger partial charge is 0.450 e. The summed E-state index contributed by atoms with van der Waals surface area (Å²) < 4.78 is 5.02. The molecule has 3 heteroatoms. The molecule has 1 rings (SSSR count). The molecule has 0 aliphatic heterocycles. The van der Waals surface area contributed by atoms with Crippen LogP contribution in [0, 0.1) is 0 Å². The van der Waals surface area contributed by atoms with E-state index in [0.717, 1.165) is 24.8 Å². The van der Waals surface area contributed by atoms with Crippen molar-refractivity contribution >= 4 is 6.09 Å². The summed E-state index contributed by atoms with van der Waals surface area (Å²) in [6, 6.07) is 9.79. The van der Waals surface area contributed by atoms with Gasteiger partial charge >= 0.3 is 6.09 Å². The number of carbonyl (C=O) groups is 1. The molecule has 1 aromatic carbocycles. The highest BCUT2D eigenvalue weighted by molar-refractivity contribution is 5.67. The predicted octanol–water partition coefficient (Wildman–Crippen LogP) is 3.10. The molecule has 1 N–H and O–H groups in total. The van der Waals surface area contributed by atoms with Gasteiger partial charge in [0.2, 0.25) is 0 Å². The maximum atomic E-state index is 11.2. The van der Waals surface area contributed by atoms with Crippen molar-refractivity contribution in [1.82, 2.24) is 5.32 Å². The van der Waals surface area contributed by atoms with Gasteiger partial charge in [0.15, 0.2) is 0 Å². The van der Waals surface area contributed by atoms with E-state index in [0.29, 0.717) is 13.2 Å². The number of benzene rings is 1. The van der Waals surface area contributed by atoms with E-state index in [2.05, 4.69) is 12.2 Å².